The Morgan fingerprint density at radius 3 is 2.96 bits per heavy atom. The molecule has 0 bridgehead atoms. The zero-order chi connectivity index (χ0) is 17.6. The lowest BCUT2D eigenvalue weighted by Gasteiger charge is -2.37. The van der Waals surface area contributed by atoms with E-state index in [4.69, 9.17) is 4.74 Å². The molecule has 1 aromatic heterocycles. The standard InChI is InChI=1S/C19H25N3O2S/c1-21(13-15-6-5-11-25-15)19(23)14-22-10-9-20-12-17(22)16-7-3-4-8-18(16)24-2/h3-8,11,17,20H,9-10,12-14H2,1-2H3. The maximum Gasteiger partial charge on any atom is 0.236 e. The Labute approximate surface area is 153 Å². The zero-order valence-corrected chi connectivity index (χ0v) is 15.6. The summed E-state index contributed by atoms with van der Waals surface area (Å²) in [6, 6.07) is 12.3. The summed E-state index contributed by atoms with van der Waals surface area (Å²) in [6.07, 6.45) is 0. The summed E-state index contributed by atoms with van der Waals surface area (Å²) in [5, 5.41) is 5.48. The van der Waals surface area contributed by atoms with Gasteiger partial charge in [-0.05, 0) is 17.5 Å². The number of carbonyl (C=O) groups excluding carboxylic acids is 1. The molecule has 0 saturated carbocycles. The number of hydrogen-bond acceptors (Lipinski definition) is 5. The minimum atomic E-state index is 0.143. The number of carbonyl (C=O) groups is 1. The molecule has 1 atom stereocenters. The summed E-state index contributed by atoms with van der Waals surface area (Å²) in [5.41, 5.74) is 1.13. The molecule has 1 aliphatic rings. The van der Waals surface area contributed by atoms with Gasteiger partial charge in [-0.1, -0.05) is 24.3 Å². The van der Waals surface area contributed by atoms with Gasteiger partial charge in [0.25, 0.3) is 0 Å². The zero-order valence-electron chi connectivity index (χ0n) is 14.8. The molecule has 1 unspecified atom stereocenters. The van der Waals surface area contributed by atoms with E-state index in [0.29, 0.717) is 13.1 Å². The van der Waals surface area contributed by atoms with Crippen molar-refractivity contribution in [2.24, 2.45) is 0 Å². The number of nitrogens with zero attached hydrogens (tertiary/aromatic N) is 2. The minimum Gasteiger partial charge on any atom is -0.496 e. The maximum atomic E-state index is 12.7. The molecular weight excluding hydrogens is 334 g/mol. The van der Waals surface area contributed by atoms with Gasteiger partial charge in [-0.15, -0.1) is 11.3 Å². The largest absolute Gasteiger partial charge is 0.496 e. The van der Waals surface area contributed by atoms with Crippen molar-refractivity contribution in [1.29, 1.82) is 0 Å². The summed E-state index contributed by atoms with van der Waals surface area (Å²) in [5.74, 6) is 1.02. The van der Waals surface area contributed by atoms with Crippen LogP contribution in [0.1, 0.15) is 16.5 Å². The third-order valence-corrected chi connectivity index (χ3v) is 5.45. The number of methoxy groups -OCH3 is 1. The van der Waals surface area contributed by atoms with E-state index < -0.39 is 0 Å². The predicted molar refractivity (Wildman–Crippen MR) is 101 cm³/mol. The summed E-state index contributed by atoms with van der Waals surface area (Å²) in [7, 11) is 3.57. The molecule has 1 saturated heterocycles. The molecule has 0 spiro atoms. The summed E-state index contributed by atoms with van der Waals surface area (Å²) >= 11 is 1.68. The first kappa shape index (κ1) is 17.9. The second kappa shape index (κ2) is 8.47. The van der Waals surface area contributed by atoms with Crippen LogP contribution in [-0.2, 0) is 11.3 Å². The number of hydrogen-bond donors (Lipinski definition) is 1. The normalized spacial score (nSPS) is 18.1. The van der Waals surface area contributed by atoms with Crippen molar-refractivity contribution < 1.29 is 9.53 Å². The SMILES string of the molecule is COc1ccccc1C1CNCCN1CC(=O)N(C)Cc1cccs1. The van der Waals surface area contributed by atoms with Crippen LogP contribution in [0.5, 0.6) is 5.75 Å². The highest BCUT2D eigenvalue weighted by atomic mass is 32.1. The van der Waals surface area contributed by atoms with Crippen molar-refractivity contribution in [1.82, 2.24) is 15.1 Å². The van der Waals surface area contributed by atoms with Gasteiger partial charge in [0.15, 0.2) is 0 Å². The molecule has 1 amide bonds. The second-order valence-electron chi connectivity index (χ2n) is 6.26. The Bertz CT molecular complexity index is 690. The van der Waals surface area contributed by atoms with E-state index in [2.05, 4.69) is 22.3 Å². The van der Waals surface area contributed by atoms with Crippen LogP contribution in [0.3, 0.4) is 0 Å². The van der Waals surface area contributed by atoms with Crippen LogP contribution in [0.2, 0.25) is 0 Å². The highest BCUT2D eigenvalue weighted by Gasteiger charge is 2.28. The van der Waals surface area contributed by atoms with Crippen LogP contribution in [0.25, 0.3) is 0 Å². The first-order chi connectivity index (χ1) is 12.2. The Kier molecular flexibility index (Phi) is 6.07. The average molecular weight is 359 g/mol. The van der Waals surface area contributed by atoms with Gasteiger partial charge in [-0.25, -0.2) is 0 Å². The maximum absolute atomic E-state index is 12.7. The predicted octanol–water partition coefficient (Wildman–Crippen LogP) is 2.36. The molecule has 1 fully saturated rings. The van der Waals surface area contributed by atoms with Crippen molar-refractivity contribution in [2.75, 3.05) is 40.3 Å². The van der Waals surface area contributed by atoms with Crippen LogP contribution in [0.4, 0.5) is 0 Å². The van der Waals surface area contributed by atoms with E-state index in [1.54, 1.807) is 18.4 Å². The molecule has 1 aromatic carbocycles. The number of amides is 1. The van der Waals surface area contributed by atoms with Gasteiger partial charge in [0.05, 0.1) is 26.2 Å². The minimum absolute atomic E-state index is 0.143. The van der Waals surface area contributed by atoms with Crippen molar-refractivity contribution in [3.63, 3.8) is 0 Å². The van der Waals surface area contributed by atoms with Gasteiger partial charge in [0.2, 0.25) is 5.91 Å². The van der Waals surface area contributed by atoms with Crippen molar-refractivity contribution in [2.45, 2.75) is 12.6 Å². The number of piperazine rings is 1. The number of nitrogens with one attached hydrogen (secondary N) is 1. The number of para-hydroxylation sites is 1. The topological polar surface area (TPSA) is 44.8 Å². The molecule has 0 aliphatic carbocycles. The molecular formula is C19H25N3O2S. The third-order valence-electron chi connectivity index (χ3n) is 4.59. The Morgan fingerprint density at radius 1 is 1.36 bits per heavy atom. The van der Waals surface area contributed by atoms with Crippen molar-refractivity contribution in [3.8, 4) is 5.75 Å². The molecule has 134 valence electrons. The molecule has 2 heterocycles. The second-order valence-corrected chi connectivity index (χ2v) is 7.29. The number of ether oxygens (including phenoxy) is 1. The van der Waals surface area contributed by atoms with E-state index in [1.807, 2.05) is 41.6 Å². The van der Waals surface area contributed by atoms with Crippen LogP contribution < -0.4 is 10.1 Å². The first-order valence-corrected chi connectivity index (χ1v) is 9.41. The molecule has 3 rings (SSSR count). The molecule has 1 N–H and O–H groups in total. The number of thiophene rings is 1. The summed E-state index contributed by atoms with van der Waals surface area (Å²) in [4.78, 5) is 18.0. The van der Waals surface area contributed by atoms with Gasteiger partial charge in [-0.2, -0.15) is 0 Å². The molecule has 0 radical (unpaired) electrons. The quantitative estimate of drug-likeness (QED) is 0.860. The van der Waals surface area contributed by atoms with Crippen LogP contribution in [-0.4, -0.2) is 56.0 Å². The number of benzene rings is 1. The highest BCUT2D eigenvalue weighted by molar-refractivity contribution is 7.09. The van der Waals surface area contributed by atoms with Crippen LogP contribution in [0, 0.1) is 0 Å². The Hall–Kier alpha value is -1.89. The van der Waals surface area contributed by atoms with Gasteiger partial charge in [0.1, 0.15) is 5.75 Å². The van der Waals surface area contributed by atoms with E-state index >= 15 is 0 Å². The molecule has 25 heavy (non-hydrogen) atoms. The van der Waals surface area contributed by atoms with E-state index in [9.17, 15) is 4.79 Å². The van der Waals surface area contributed by atoms with Gasteiger partial charge < -0.3 is 15.0 Å². The Morgan fingerprint density at radius 2 is 2.20 bits per heavy atom. The lowest BCUT2D eigenvalue weighted by atomic mass is 10.0. The van der Waals surface area contributed by atoms with Crippen molar-refractivity contribution >= 4 is 17.2 Å². The van der Waals surface area contributed by atoms with Crippen LogP contribution in [0.15, 0.2) is 41.8 Å². The summed E-state index contributed by atoms with van der Waals surface area (Å²) in [6.45, 7) is 3.66. The monoisotopic (exact) mass is 359 g/mol. The van der Waals surface area contributed by atoms with E-state index in [1.165, 1.54) is 4.88 Å². The fourth-order valence-electron chi connectivity index (χ4n) is 3.20. The lowest BCUT2D eigenvalue weighted by molar-refractivity contribution is -0.132. The average Bonchev–Trinajstić information content (AvgIpc) is 3.15. The van der Waals surface area contributed by atoms with E-state index in [-0.39, 0.29) is 11.9 Å². The van der Waals surface area contributed by atoms with Crippen molar-refractivity contribution in [3.05, 3.63) is 52.2 Å². The smallest absolute Gasteiger partial charge is 0.236 e. The van der Waals surface area contributed by atoms with Gasteiger partial charge >= 0.3 is 0 Å². The fourth-order valence-corrected chi connectivity index (χ4v) is 3.96. The Balaban J connectivity index is 1.69. The number of rotatable bonds is 6. The van der Waals surface area contributed by atoms with Crippen LogP contribution >= 0.6 is 11.3 Å². The molecule has 1 aliphatic heterocycles. The number of likely N-dealkylation sites (N-methyl/N-ethyl adjacent to an activating group) is 1. The van der Waals surface area contributed by atoms with Gasteiger partial charge in [0, 0.05) is 37.1 Å². The summed E-state index contributed by atoms with van der Waals surface area (Å²) < 4.78 is 5.52. The molecule has 6 heteroatoms. The molecule has 2 aromatic rings. The first-order valence-electron chi connectivity index (χ1n) is 8.53. The van der Waals surface area contributed by atoms with E-state index in [0.717, 1.165) is 30.9 Å². The molecule has 5 nitrogen and oxygen atoms in total. The highest BCUT2D eigenvalue weighted by Crippen LogP contribution is 2.30. The lowest BCUT2D eigenvalue weighted by Crippen LogP contribution is -2.49. The van der Waals surface area contributed by atoms with Gasteiger partial charge in [-0.3, -0.25) is 9.69 Å². The fraction of sp³-hybridized carbons (Fsp3) is 0.421. The third kappa shape index (κ3) is 4.39.